The van der Waals surface area contributed by atoms with Crippen molar-refractivity contribution in [3.63, 3.8) is 0 Å². The van der Waals surface area contributed by atoms with Gasteiger partial charge in [-0.1, -0.05) is 29.8 Å². The molecule has 1 atom stereocenters. The van der Waals surface area contributed by atoms with Crippen LogP contribution in [-0.2, 0) is 7.05 Å². The predicted molar refractivity (Wildman–Crippen MR) is 88.2 cm³/mol. The summed E-state index contributed by atoms with van der Waals surface area (Å²) < 4.78 is 1.59. The number of aryl methyl sites for hydroxylation is 1. The molecule has 0 bridgehead atoms. The van der Waals surface area contributed by atoms with Gasteiger partial charge in [0, 0.05) is 24.5 Å². The number of amides is 1. The van der Waals surface area contributed by atoms with Crippen LogP contribution in [0.5, 0.6) is 0 Å². The summed E-state index contributed by atoms with van der Waals surface area (Å²) in [4.78, 5) is 16.8. The molecule has 1 N–H and O–H groups in total. The van der Waals surface area contributed by atoms with Crippen molar-refractivity contribution in [2.45, 2.75) is 6.04 Å². The number of carbonyl (C=O) groups excluding carboxylic acids is 1. The van der Waals surface area contributed by atoms with Crippen LogP contribution in [0.3, 0.4) is 0 Å². The Labute approximate surface area is 138 Å². The van der Waals surface area contributed by atoms with Gasteiger partial charge in [0.05, 0.1) is 23.5 Å². The van der Waals surface area contributed by atoms with Gasteiger partial charge in [-0.3, -0.25) is 14.5 Å². The molecule has 23 heavy (non-hydrogen) atoms. The number of rotatable bonds is 4. The van der Waals surface area contributed by atoms with Crippen molar-refractivity contribution >= 4 is 17.5 Å². The predicted octanol–water partition coefficient (Wildman–Crippen LogP) is 2.99. The van der Waals surface area contributed by atoms with Gasteiger partial charge in [0.15, 0.2) is 0 Å². The second-order valence-corrected chi connectivity index (χ2v) is 5.56. The highest BCUT2D eigenvalue weighted by molar-refractivity contribution is 6.30. The van der Waals surface area contributed by atoms with E-state index in [1.807, 2.05) is 36.4 Å². The van der Waals surface area contributed by atoms with Crippen LogP contribution >= 0.6 is 11.6 Å². The summed E-state index contributed by atoms with van der Waals surface area (Å²) in [6, 6.07) is 12.6. The molecular formula is C17H15ClN4O. The van der Waals surface area contributed by atoms with Gasteiger partial charge in [0.2, 0.25) is 0 Å². The molecule has 0 aliphatic carbocycles. The standard InChI is InChI=1S/C17H15ClN4O/c1-22-11-13(10-20-22)17(23)21-16(15-7-2-3-8-19-15)12-5-4-6-14(18)9-12/h2-11,16H,1H3,(H,21,23)/t16-/m1/s1. The smallest absolute Gasteiger partial charge is 0.255 e. The third kappa shape index (κ3) is 3.57. The van der Waals surface area contributed by atoms with Gasteiger partial charge in [0.25, 0.3) is 5.91 Å². The first-order valence-corrected chi connectivity index (χ1v) is 7.47. The third-order valence-corrected chi connectivity index (χ3v) is 3.64. The Morgan fingerprint density at radius 3 is 2.78 bits per heavy atom. The first kappa shape index (κ1) is 15.2. The van der Waals surface area contributed by atoms with E-state index in [-0.39, 0.29) is 11.9 Å². The summed E-state index contributed by atoms with van der Waals surface area (Å²) in [5.41, 5.74) is 2.11. The van der Waals surface area contributed by atoms with Crippen LogP contribution in [0.1, 0.15) is 27.7 Å². The van der Waals surface area contributed by atoms with Gasteiger partial charge >= 0.3 is 0 Å². The zero-order valence-corrected chi connectivity index (χ0v) is 13.2. The molecule has 3 aromatic rings. The minimum absolute atomic E-state index is 0.214. The monoisotopic (exact) mass is 326 g/mol. The minimum Gasteiger partial charge on any atom is -0.339 e. The Hall–Kier alpha value is -2.66. The van der Waals surface area contributed by atoms with Gasteiger partial charge in [-0.15, -0.1) is 0 Å². The van der Waals surface area contributed by atoms with Crippen LogP contribution in [0.25, 0.3) is 0 Å². The van der Waals surface area contributed by atoms with Crippen molar-refractivity contribution in [3.8, 4) is 0 Å². The zero-order chi connectivity index (χ0) is 16.2. The summed E-state index contributed by atoms with van der Waals surface area (Å²) in [7, 11) is 1.77. The topological polar surface area (TPSA) is 59.8 Å². The molecule has 3 rings (SSSR count). The molecule has 0 aliphatic heterocycles. The number of halogens is 1. The Kier molecular flexibility index (Phi) is 4.39. The summed E-state index contributed by atoms with van der Waals surface area (Å²) in [5, 5.41) is 7.63. The quantitative estimate of drug-likeness (QED) is 0.801. The molecular weight excluding hydrogens is 312 g/mol. The molecule has 5 nitrogen and oxygen atoms in total. The van der Waals surface area contributed by atoms with Gasteiger partial charge < -0.3 is 5.32 Å². The molecule has 0 fully saturated rings. The van der Waals surface area contributed by atoms with Gasteiger partial charge in [-0.05, 0) is 29.8 Å². The summed E-state index contributed by atoms with van der Waals surface area (Å²) >= 11 is 6.09. The van der Waals surface area contributed by atoms with E-state index >= 15 is 0 Å². The van der Waals surface area contributed by atoms with Crippen LogP contribution in [0.2, 0.25) is 5.02 Å². The first-order chi connectivity index (χ1) is 11.1. The molecule has 0 saturated carbocycles. The van der Waals surface area contributed by atoms with Crippen LogP contribution in [-0.4, -0.2) is 20.7 Å². The lowest BCUT2D eigenvalue weighted by atomic mass is 10.0. The molecule has 2 aromatic heterocycles. The number of nitrogens with zero attached hydrogens (tertiary/aromatic N) is 3. The second kappa shape index (κ2) is 6.62. The average molecular weight is 327 g/mol. The number of hydrogen-bond acceptors (Lipinski definition) is 3. The maximum Gasteiger partial charge on any atom is 0.255 e. The van der Waals surface area contributed by atoms with Crippen molar-refractivity contribution in [2.75, 3.05) is 0 Å². The van der Waals surface area contributed by atoms with E-state index < -0.39 is 0 Å². The van der Waals surface area contributed by atoms with Crippen LogP contribution in [0, 0.1) is 0 Å². The lowest BCUT2D eigenvalue weighted by Gasteiger charge is -2.18. The van der Waals surface area contributed by atoms with E-state index in [0.29, 0.717) is 10.6 Å². The van der Waals surface area contributed by atoms with E-state index in [0.717, 1.165) is 11.3 Å². The molecule has 0 spiro atoms. The zero-order valence-electron chi connectivity index (χ0n) is 12.5. The van der Waals surface area contributed by atoms with Crippen molar-refractivity contribution in [1.29, 1.82) is 0 Å². The number of hydrogen-bond donors (Lipinski definition) is 1. The van der Waals surface area contributed by atoms with E-state index in [9.17, 15) is 4.79 Å². The Morgan fingerprint density at radius 2 is 2.13 bits per heavy atom. The number of benzene rings is 1. The maximum absolute atomic E-state index is 12.5. The Balaban J connectivity index is 1.94. The molecule has 0 aliphatic rings. The van der Waals surface area contributed by atoms with E-state index in [1.54, 1.807) is 30.2 Å². The minimum atomic E-state index is -0.386. The Morgan fingerprint density at radius 1 is 1.26 bits per heavy atom. The largest absolute Gasteiger partial charge is 0.339 e. The van der Waals surface area contributed by atoms with Gasteiger partial charge in [-0.25, -0.2) is 0 Å². The highest BCUT2D eigenvalue weighted by Gasteiger charge is 2.19. The summed E-state index contributed by atoms with van der Waals surface area (Å²) in [6.07, 6.45) is 4.90. The molecule has 0 unspecified atom stereocenters. The second-order valence-electron chi connectivity index (χ2n) is 5.12. The van der Waals surface area contributed by atoms with Crippen molar-refractivity contribution in [3.05, 3.63) is 82.9 Å². The van der Waals surface area contributed by atoms with E-state index in [4.69, 9.17) is 11.6 Å². The average Bonchev–Trinajstić information content (AvgIpc) is 3.00. The lowest BCUT2D eigenvalue weighted by molar-refractivity contribution is 0.0942. The summed E-state index contributed by atoms with van der Waals surface area (Å²) in [6.45, 7) is 0. The number of carbonyl (C=O) groups is 1. The SMILES string of the molecule is Cn1cc(C(=O)N[C@H](c2cccc(Cl)c2)c2ccccn2)cn1. The lowest BCUT2D eigenvalue weighted by Crippen LogP contribution is -2.29. The Bertz CT molecular complexity index is 816. The fourth-order valence-electron chi connectivity index (χ4n) is 2.31. The number of aromatic nitrogens is 3. The van der Waals surface area contributed by atoms with Crippen molar-refractivity contribution in [1.82, 2.24) is 20.1 Å². The van der Waals surface area contributed by atoms with Crippen molar-refractivity contribution < 1.29 is 4.79 Å². The fourth-order valence-corrected chi connectivity index (χ4v) is 2.51. The maximum atomic E-state index is 12.5. The van der Waals surface area contributed by atoms with Gasteiger partial charge in [-0.2, -0.15) is 5.10 Å². The molecule has 6 heteroatoms. The number of nitrogens with one attached hydrogen (secondary N) is 1. The molecule has 0 saturated heterocycles. The van der Waals surface area contributed by atoms with Crippen LogP contribution in [0.4, 0.5) is 0 Å². The fraction of sp³-hybridized carbons (Fsp3) is 0.118. The van der Waals surface area contributed by atoms with Crippen molar-refractivity contribution in [2.24, 2.45) is 7.05 Å². The normalized spacial score (nSPS) is 11.9. The highest BCUT2D eigenvalue weighted by atomic mass is 35.5. The third-order valence-electron chi connectivity index (χ3n) is 3.41. The summed E-state index contributed by atoms with van der Waals surface area (Å²) in [5.74, 6) is -0.214. The highest BCUT2D eigenvalue weighted by Crippen LogP contribution is 2.23. The molecule has 1 aromatic carbocycles. The van der Waals surface area contributed by atoms with Crippen LogP contribution in [0.15, 0.2) is 61.1 Å². The molecule has 1 amide bonds. The molecule has 116 valence electrons. The van der Waals surface area contributed by atoms with E-state index in [2.05, 4.69) is 15.4 Å². The van der Waals surface area contributed by atoms with E-state index in [1.165, 1.54) is 6.20 Å². The van der Waals surface area contributed by atoms with Gasteiger partial charge in [0.1, 0.15) is 0 Å². The number of pyridine rings is 1. The van der Waals surface area contributed by atoms with Crippen LogP contribution < -0.4 is 5.32 Å². The first-order valence-electron chi connectivity index (χ1n) is 7.09. The molecule has 2 heterocycles. The molecule has 0 radical (unpaired) electrons.